The molecule has 30 heavy (non-hydrogen) atoms. The van der Waals surface area contributed by atoms with Gasteiger partial charge >= 0.3 is 5.97 Å². The van der Waals surface area contributed by atoms with Crippen molar-refractivity contribution in [1.29, 1.82) is 5.26 Å². The fraction of sp³-hybridized carbons (Fsp3) is 0.318. The molecule has 1 aliphatic carbocycles. The first kappa shape index (κ1) is 21.4. The highest BCUT2D eigenvalue weighted by molar-refractivity contribution is 7.17. The zero-order valence-electron chi connectivity index (χ0n) is 17.0. The second kappa shape index (κ2) is 9.46. The van der Waals surface area contributed by atoms with E-state index >= 15 is 0 Å². The van der Waals surface area contributed by atoms with Crippen LogP contribution in [0.25, 0.3) is 6.08 Å². The van der Waals surface area contributed by atoms with E-state index in [9.17, 15) is 14.9 Å². The maximum Gasteiger partial charge on any atom is 0.341 e. The molecule has 7 nitrogen and oxygen atoms in total. The van der Waals surface area contributed by atoms with Crippen LogP contribution in [0.15, 0.2) is 23.8 Å². The van der Waals surface area contributed by atoms with Gasteiger partial charge in [0.05, 0.1) is 26.9 Å². The standard InChI is InChI=1S/C22H22N2O5S/c1-27-16-9-8-13(11-17(16)28-2)10-14(12-23)20(25)24-21-19(22(26)29-3)15-6-4-5-7-18(15)30-21/h8-11H,4-7H2,1-3H3,(H,24,25)/b14-10+. The van der Waals surface area contributed by atoms with E-state index in [0.29, 0.717) is 27.6 Å². The number of aryl methyl sites for hydroxylation is 1. The number of carbonyl (C=O) groups excluding carboxylic acids is 2. The highest BCUT2D eigenvalue weighted by Crippen LogP contribution is 2.38. The maximum absolute atomic E-state index is 12.8. The molecule has 0 saturated carbocycles. The van der Waals surface area contributed by atoms with Crippen LogP contribution in [0.2, 0.25) is 0 Å². The van der Waals surface area contributed by atoms with Gasteiger partial charge in [0.1, 0.15) is 16.6 Å². The van der Waals surface area contributed by atoms with Gasteiger partial charge < -0.3 is 19.5 Å². The van der Waals surface area contributed by atoms with Crippen molar-refractivity contribution in [2.24, 2.45) is 0 Å². The average Bonchev–Trinajstić information content (AvgIpc) is 3.14. The zero-order chi connectivity index (χ0) is 21.7. The molecule has 156 valence electrons. The number of nitrogens with one attached hydrogen (secondary N) is 1. The zero-order valence-corrected chi connectivity index (χ0v) is 17.9. The van der Waals surface area contributed by atoms with E-state index in [0.717, 1.165) is 36.1 Å². The van der Waals surface area contributed by atoms with Gasteiger partial charge in [-0.15, -0.1) is 11.3 Å². The third-order valence-corrected chi connectivity index (χ3v) is 6.08. The number of nitrogens with zero attached hydrogens (tertiary/aromatic N) is 1. The number of fused-ring (bicyclic) bond motifs is 1. The number of carbonyl (C=O) groups is 2. The Kier molecular flexibility index (Phi) is 6.75. The maximum atomic E-state index is 12.8. The summed E-state index contributed by atoms with van der Waals surface area (Å²) < 4.78 is 15.4. The van der Waals surface area contributed by atoms with Crippen molar-refractivity contribution >= 4 is 34.3 Å². The van der Waals surface area contributed by atoms with Gasteiger partial charge in [-0.3, -0.25) is 4.79 Å². The molecule has 1 heterocycles. The lowest BCUT2D eigenvalue weighted by Gasteiger charge is -2.11. The number of hydrogen-bond donors (Lipinski definition) is 1. The number of rotatable bonds is 6. The molecule has 1 N–H and O–H groups in total. The summed E-state index contributed by atoms with van der Waals surface area (Å²) in [7, 11) is 4.36. The highest BCUT2D eigenvalue weighted by atomic mass is 32.1. The number of nitriles is 1. The lowest BCUT2D eigenvalue weighted by atomic mass is 9.95. The van der Waals surface area contributed by atoms with Crippen molar-refractivity contribution in [3.63, 3.8) is 0 Å². The number of ether oxygens (including phenoxy) is 3. The van der Waals surface area contributed by atoms with Gasteiger partial charge in [0.15, 0.2) is 11.5 Å². The minimum Gasteiger partial charge on any atom is -0.493 e. The molecule has 0 spiro atoms. The Morgan fingerprint density at radius 2 is 1.87 bits per heavy atom. The lowest BCUT2D eigenvalue weighted by molar-refractivity contribution is -0.112. The second-order valence-electron chi connectivity index (χ2n) is 6.64. The highest BCUT2D eigenvalue weighted by Gasteiger charge is 2.27. The van der Waals surface area contributed by atoms with Crippen LogP contribution in [0, 0.1) is 11.3 Å². The number of esters is 1. The quantitative estimate of drug-likeness (QED) is 0.426. The molecule has 1 aromatic carbocycles. The number of hydrogen-bond acceptors (Lipinski definition) is 7. The van der Waals surface area contributed by atoms with Gasteiger partial charge in [0.25, 0.3) is 5.91 Å². The third kappa shape index (κ3) is 4.31. The van der Waals surface area contributed by atoms with Crippen molar-refractivity contribution in [3.05, 3.63) is 45.3 Å². The Balaban J connectivity index is 1.91. The summed E-state index contributed by atoms with van der Waals surface area (Å²) in [5, 5.41) is 12.7. The molecule has 1 aliphatic rings. The van der Waals surface area contributed by atoms with E-state index in [1.807, 2.05) is 6.07 Å². The predicted molar refractivity (Wildman–Crippen MR) is 114 cm³/mol. The van der Waals surface area contributed by atoms with Crippen LogP contribution < -0.4 is 14.8 Å². The molecule has 2 aromatic rings. The molecule has 0 aliphatic heterocycles. The van der Waals surface area contributed by atoms with E-state index < -0.39 is 11.9 Å². The van der Waals surface area contributed by atoms with E-state index in [1.165, 1.54) is 38.7 Å². The molecule has 0 atom stereocenters. The van der Waals surface area contributed by atoms with Crippen LogP contribution in [0.4, 0.5) is 5.00 Å². The largest absolute Gasteiger partial charge is 0.493 e. The summed E-state index contributed by atoms with van der Waals surface area (Å²) in [6.45, 7) is 0. The number of thiophene rings is 1. The first-order chi connectivity index (χ1) is 14.5. The van der Waals surface area contributed by atoms with Gasteiger partial charge in [-0.25, -0.2) is 4.79 Å². The van der Waals surface area contributed by atoms with Crippen molar-refractivity contribution in [3.8, 4) is 17.6 Å². The van der Waals surface area contributed by atoms with Crippen LogP contribution in [0.3, 0.4) is 0 Å². The van der Waals surface area contributed by atoms with E-state index in [-0.39, 0.29) is 5.57 Å². The van der Waals surface area contributed by atoms with Gasteiger partial charge in [-0.2, -0.15) is 5.26 Å². The second-order valence-corrected chi connectivity index (χ2v) is 7.75. The summed E-state index contributed by atoms with van der Waals surface area (Å²) in [5.41, 5.74) is 1.85. The Morgan fingerprint density at radius 1 is 1.13 bits per heavy atom. The lowest BCUT2D eigenvalue weighted by Crippen LogP contribution is -2.16. The molecule has 1 aromatic heterocycles. The summed E-state index contributed by atoms with van der Waals surface area (Å²) in [6, 6.07) is 7.01. The van der Waals surface area contributed by atoms with Gasteiger partial charge in [-0.1, -0.05) is 6.07 Å². The Labute approximate surface area is 178 Å². The SMILES string of the molecule is COC(=O)c1c(NC(=O)/C(C#N)=C/c2ccc(OC)c(OC)c2)sc2c1CCCC2. The van der Waals surface area contributed by atoms with E-state index in [1.54, 1.807) is 18.2 Å². The smallest absolute Gasteiger partial charge is 0.341 e. The van der Waals surface area contributed by atoms with Crippen LogP contribution in [-0.2, 0) is 22.4 Å². The first-order valence-corrected chi connectivity index (χ1v) is 10.2. The van der Waals surface area contributed by atoms with Gasteiger partial charge in [-0.05, 0) is 55.0 Å². The molecule has 0 fully saturated rings. The summed E-state index contributed by atoms with van der Waals surface area (Å²) >= 11 is 1.37. The van der Waals surface area contributed by atoms with Crippen LogP contribution in [-0.4, -0.2) is 33.2 Å². The Morgan fingerprint density at radius 3 is 2.53 bits per heavy atom. The number of benzene rings is 1. The average molecular weight is 426 g/mol. The number of amides is 1. The summed E-state index contributed by atoms with van der Waals surface area (Å²) in [4.78, 5) is 26.2. The number of methoxy groups -OCH3 is 3. The van der Waals surface area contributed by atoms with Crippen LogP contribution >= 0.6 is 11.3 Å². The molecule has 8 heteroatoms. The normalized spacial score (nSPS) is 13.1. The van der Waals surface area contributed by atoms with Gasteiger partial charge in [0.2, 0.25) is 0 Å². The van der Waals surface area contributed by atoms with Crippen molar-refractivity contribution in [1.82, 2.24) is 0 Å². The summed E-state index contributed by atoms with van der Waals surface area (Å²) in [6.07, 6.45) is 5.14. The van der Waals surface area contributed by atoms with Gasteiger partial charge in [0, 0.05) is 4.88 Å². The fourth-order valence-corrected chi connectivity index (χ4v) is 4.67. The molecule has 3 rings (SSSR count). The van der Waals surface area contributed by atoms with Crippen molar-refractivity contribution in [2.75, 3.05) is 26.6 Å². The van der Waals surface area contributed by atoms with Crippen LogP contribution in [0.1, 0.15) is 39.2 Å². The monoisotopic (exact) mass is 426 g/mol. The molecular formula is C22H22N2O5S. The minimum absolute atomic E-state index is 0.0931. The topological polar surface area (TPSA) is 97.7 Å². The molecule has 0 unspecified atom stereocenters. The van der Waals surface area contributed by atoms with Crippen molar-refractivity contribution in [2.45, 2.75) is 25.7 Å². The minimum atomic E-state index is -0.587. The fourth-order valence-electron chi connectivity index (χ4n) is 3.40. The summed E-state index contributed by atoms with van der Waals surface area (Å²) in [5.74, 6) is -0.0320. The first-order valence-electron chi connectivity index (χ1n) is 9.40. The van der Waals surface area contributed by atoms with E-state index in [4.69, 9.17) is 14.2 Å². The molecule has 0 radical (unpaired) electrons. The molecular weight excluding hydrogens is 404 g/mol. The Hall–Kier alpha value is -3.31. The molecule has 0 bridgehead atoms. The predicted octanol–water partition coefficient (Wildman–Crippen LogP) is 3.98. The Bertz CT molecular complexity index is 1050. The van der Waals surface area contributed by atoms with Crippen LogP contribution in [0.5, 0.6) is 11.5 Å². The number of anilines is 1. The third-order valence-electron chi connectivity index (χ3n) is 4.87. The van der Waals surface area contributed by atoms with Crippen molar-refractivity contribution < 1.29 is 23.8 Å². The molecule has 0 saturated heterocycles. The van der Waals surface area contributed by atoms with E-state index in [2.05, 4.69) is 5.32 Å². The molecule has 1 amide bonds.